The topological polar surface area (TPSA) is 73.2 Å². The maximum Gasteiger partial charge on any atom is 0.268 e. The number of nitrogens with zero attached hydrogens (tertiary/aromatic N) is 2. The summed E-state index contributed by atoms with van der Waals surface area (Å²) in [4.78, 5) is 31.2. The normalized spacial score (nSPS) is 14.8. The summed E-state index contributed by atoms with van der Waals surface area (Å²) in [6.45, 7) is 2.52. The SMILES string of the molecule is COc1cccc(NC(=O)CSc2nc3c(c(=O)n2Cc2ccccc2)SC(C)C3)c1. The van der Waals surface area contributed by atoms with Crippen molar-refractivity contribution in [3.8, 4) is 5.75 Å². The molecule has 1 atom stereocenters. The molecule has 0 aliphatic carbocycles. The Kier molecular flexibility index (Phi) is 6.67. The van der Waals surface area contributed by atoms with Crippen LogP contribution < -0.4 is 15.6 Å². The third-order valence-electron chi connectivity index (χ3n) is 4.83. The van der Waals surface area contributed by atoms with Crippen molar-refractivity contribution >= 4 is 35.1 Å². The van der Waals surface area contributed by atoms with Gasteiger partial charge < -0.3 is 10.1 Å². The van der Waals surface area contributed by atoms with E-state index in [-0.39, 0.29) is 17.2 Å². The minimum atomic E-state index is -0.165. The summed E-state index contributed by atoms with van der Waals surface area (Å²) in [5.41, 5.74) is 2.49. The quantitative estimate of drug-likeness (QED) is 0.430. The zero-order valence-corrected chi connectivity index (χ0v) is 19.0. The molecular formula is C23H23N3O3S2. The van der Waals surface area contributed by atoms with Gasteiger partial charge in [0.2, 0.25) is 5.91 Å². The Morgan fingerprint density at radius 2 is 2.06 bits per heavy atom. The highest BCUT2D eigenvalue weighted by atomic mass is 32.2. The average molecular weight is 454 g/mol. The largest absolute Gasteiger partial charge is 0.497 e. The molecule has 2 heterocycles. The van der Waals surface area contributed by atoms with E-state index in [1.807, 2.05) is 48.5 Å². The number of hydrogen-bond donors (Lipinski definition) is 1. The first kappa shape index (κ1) is 21.5. The van der Waals surface area contributed by atoms with E-state index in [1.54, 1.807) is 29.5 Å². The predicted octanol–water partition coefficient (Wildman–Crippen LogP) is 4.07. The van der Waals surface area contributed by atoms with E-state index in [2.05, 4.69) is 12.2 Å². The molecular weight excluding hydrogens is 430 g/mol. The lowest BCUT2D eigenvalue weighted by atomic mass is 10.2. The lowest BCUT2D eigenvalue weighted by molar-refractivity contribution is -0.113. The van der Waals surface area contributed by atoms with Crippen molar-refractivity contribution in [2.45, 2.75) is 35.2 Å². The van der Waals surface area contributed by atoms with Crippen LogP contribution in [0.5, 0.6) is 5.75 Å². The standard InChI is InChI=1S/C23H23N3O3S2/c1-15-11-19-21(31-15)22(28)26(13-16-7-4-3-5-8-16)23(25-19)30-14-20(27)24-17-9-6-10-18(12-17)29-2/h3-10,12,15H,11,13-14H2,1-2H3,(H,24,27). The number of nitrogens with one attached hydrogen (secondary N) is 1. The summed E-state index contributed by atoms with van der Waals surface area (Å²) >= 11 is 2.87. The van der Waals surface area contributed by atoms with Gasteiger partial charge in [-0.05, 0) is 17.7 Å². The number of methoxy groups -OCH3 is 1. The number of aromatic nitrogens is 2. The monoisotopic (exact) mass is 453 g/mol. The van der Waals surface area contributed by atoms with E-state index >= 15 is 0 Å². The van der Waals surface area contributed by atoms with Crippen LogP contribution >= 0.6 is 23.5 Å². The number of hydrogen-bond acceptors (Lipinski definition) is 6. The van der Waals surface area contributed by atoms with Gasteiger partial charge in [-0.15, -0.1) is 11.8 Å². The van der Waals surface area contributed by atoms with Gasteiger partial charge in [0, 0.05) is 23.4 Å². The minimum Gasteiger partial charge on any atom is -0.497 e. The van der Waals surface area contributed by atoms with Gasteiger partial charge in [0.25, 0.3) is 5.56 Å². The molecule has 2 aromatic carbocycles. The number of fused-ring (bicyclic) bond motifs is 1. The number of benzene rings is 2. The zero-order valence-electron chi connectivity index (χ0n) is 17.3. The maximum atomic E-state index is 13.2. The molecule has 1 aliphatic rings. The summed E-state index contributed by atoms with van der Waals surface area (Å²) < 4.78 is 6.88. The number of ether oxygens (including phenoxy) is 1. The minimum absolute atomic E-state index is 0.0288. The second kappa shape index (κ2) is 9.62. The average Bonchev–Trinajstić information content (AvgIpc) is 3.16. The summed E-state index contributed by atoms with van der Waals surface area (Å²) in [5, 5.41) is 3.77. The van der Waals surface area contributed by atoms with Gasteiger partial charge in [-0.25, -0.2) is 4.98 Å². The number of amides is 1. The summed E-state index contributed by atoms with van der Waals surface area (Å²) in [5.74, 6) is 0.663. The molecule has 0 spiro atoms. The molecule has 0 radical (unpaired) electrons. The molecule has 0 bridgehead atoms. The summed E-state index contributed by atoms with van der Waals surface area (Å²) in [6.07, 6.45) is 0.769. The van der Waals surface area contributed by atoms with E-state index in [4.69, 9.17) is 9.72 Å². The number of thioether (sulfide) groups is 2. The zero-order chi connectivity index (χ0) is 21.8. The van der Waals surface area contributed by atoms with Crippen LogP contribution in [0.1, 0.15) is 18.2 Å². The highest BCUT2D eigenvalue weighted by molar-refractivity contribution is 8.00. The third kappa shape index (κ3) is 5.14. The van der Waals surface area contributed by atoms with E-state index in [0.717, 1.165) is 22.6 Å². The van der Waals surface area contributed by atoms with Crippen molar-refractivity contribution in [2.24, 2.45) is 0 Å². The Balaban J connectivity index is 1.55. The van der Waals surface area contributed by atoms with Crippen molar-refractivity contribution in [1.82, 2.24) is 9.55 Å². The predicted molar refractivity (Wildman–Crippen MR) is 125 cm³/mol. The van der Waals surface area contributed by atoms with Crippen molar-refractivity contribution in [1.29, 1.82) is 0 Å². The molecule has 1 amide bonds. The highest BCUT2D eigenvalue weighted by Gasteiger charge is 2.26. The van der Waals surface area contributed by atoms with Gasteiger partial charge in [-0.2, -0.15) is 0 Å². The van der Waals surface area contributed by atoms with Gasteiger partial charge in [0.1, 0.15) is 5.75 Å². The van der Waals surface area contributed by atoms with Crippen LogP contribution in [0, 0.1) is 0 Å². The fourth-order valence-electron chi connectivity index (χ4n) is 3.37. The van der Waals surface area contributed by atoms with Crippen LogP contribution in [-0.2, 0) is 17.8 Å². The lowest BCUT2D eigenvalue weighted by Gasteiger charge is -2.14. The number of carbonyl (C=O) groups is 1. The van der Waals surface area contributed by atoms with Gasteiger partial charge in [0.15, 0.2) is 5.16 Å². The Bertz CT molecular complexity index is 1150. The van der Waals surface area contributed by atoms with E-state index < -0.39 is 0 Å². The molecule has 1 aliphatic heterocycles. The molecule has 3 aromatic rings. The second-order valence-electron chi connectivity index (χ2n) is 7.25. The first-order valence-corrected chi connectivity index (χ1v) is 11.8. The molecule has 31 heavy (non-hydrogen) atoms. The highest BCUT2D eigenvalue weighted by Crippen LogP contribution is 2.34. The fraction of sp³-hybridized carbons (Fsp3) is 0.261. The maximum absolute atomic E-state index is 13.2. The van der Waals surface area contributed by atoms with Crippen molar-refractivity contribution < 1.29 is 9.53 Å². The fourth-order valence-corrected chi connectivity index (χ4v) is 5.30. The molecule has 0 fully saturated rings. The van der Waals surface area contributed by atoms with Crippen molar-refractivity contribution in [2.75, 3.05) is 18.2 Å². The molecule has 1 aromatic heterocycles. The van der Waals surface area contributed by atoms with Crippen LogP contribution in [0.2, 0.25) is 0 Å². The van der Waals surface area contributed by atoms with Crippen LogP contribution in [0.4, 0.5) is 5.69 Å². The van der Waals surface area contributed by atoms with Gasteiger partial charge in [-0.3, -0.25) is 14.2 Å². The summed E-state index contributed by atoms with van der Waals surface area (Å²) in [6, 6.07) is 17.0. The molecule has 1 N–H and O–H groups in total. The second-order valence-corrected chi connectivity index (χ2v) is 9.64. The van der Waals surface area contributed by atoms with E-state index in [9.17, 15) is 9.59 Å². The number of rotatable bonds is 7. The molecule has 1 unspecified atom stereocenters. The Morgan fingerprint density at radius 3 is 2.84 bits per heavy atom. The Labute approximate surface area is 189 Å². The molecule has 0 saturated heterocycles. The van der Waals surface area contributed by atoms with E-state index in [0.29, 0.717) is 28.4 Å². The Morgan fingerprint density at radius 1 is 1.26 bits per heavy atom. The van der Waals surface area contributed by atoms with Gasteiger partial charge in [0.05, 0.1) is 30.0 Å². The molecule has 0 saturated carbocycles. The van der Waals surface area contributed by atoms with Crippen LogP contribution in [0.3, 0.4) is 0 Å². The van der Waals surface area contributed by atoms with Crippen LogP contribution in [-0.4, -0.2) is 33.6 Å². The first-order valence-electron chi connectivity index (χ1n) is 9.94. The van der Waals surface area contributed by atoms with Gasteiger partial charge in [-0.1, -0.05) is 55.1 Å². The molecule has 8 heteroatoms. The van der Waals surface area contributed by atoms with Crippen LogP contribution in [0.15, 0.2) is 69.4 Å². The smallest absolute Gasteiger partial charge is 0.268 e. The third-order valence-corrected chi connectivity index (χ3v) is 7.02. The first-order chi connectivity index (χ1) is 15.0. The van der Waals surface area contributed by atoms with E-state index in [1.165, 1.54) is 11.8 Å². The Hall–Kier alpha value is -2.71. The molecule has 4 rings (SSSR count). The van der Waals surface area contributed by atoms with Crippen molar-refractivity contribution in [3.05, 3.63) is 76.2 Å². The number of carbonyl (C=O) groups excluding carboxylic acids is 1. The van der Waals surface area contributed by atoms with Crippen molar-refractivity contribution in [3.63, 3.8) is 0 Å². The lowest BCUT2D eigenvalue weighted by Crippen LogP contribution is -2.26. The number of anilines is 1. The van der Waals surface area contributed by atoms with Crippen LogP contribution in [0.25, 0.3) is 0 Å². The molecule has 6 nitrogen and oxygen atoms in total. The summed E-state index contributed by atoms with van der Waals surface area (Å²) in [7, 11) is 1.58. The van der Waals surface area contributed by atoms with Gasteiger partial charge >= 0.3 is 0 Å². The molecule has 160 valence electrons.